The van der Waals surface area contributed by atoms with E-state index in [9.17, 15) is 0 Å². The number of anilines is 1. The van der Waals surface area contributed by atoms with Gasteiger partial charge in [0.25, 0.3) is 0 Å². The molecular formula is C16H27ClN6. The SMILES string of the molecule is CC(C)N(C)c1nc2c(n1C)N=C(Cl)N(C)C2NC1CCCC1. The Morgan fingerprint density at radius 2 is 1.91 bits per heavy atom. The molecule has 1 unspecified atom stereocenters. The summed E-state index contributed by atoms with van der Waals surface area (Å²) in [7, 11) is 6.04. The first-order chi connectivity index (χ1) is 10.9. The Morgan fingerprint density at radius 3 is 2.52 bits per heavy atom. The van der Waals surface area contributed by atoms with Crippen molar-refractivity contribution in [3.63, 3.8) is 0 Å². The fourth-order valence-corrected chi connectivity index (χ4v) is 3.50. The van der Waals surface area contributed by atoms with Crippen LogP contribution in [0.5, 0.6) is 0 Å². The summed E-state index contributed by atoms with van der Waals surface area (Å²) >= 11 is 6.38. The average Bonchev–Trinajstić information content (AvgIpc) is 3.12. The van der Waals surface area contributed by atoms with E-state index in [0.717, 1.165) is 17.5 Å². The first-order valence-corrected chi connectivity index (χ1v) is 8.80. The number of imidazole rings is 1. The lowest BCUT2D eigenvalue weighted by molar-refractivity contribution is 0.274. The number of aromatic nitrogens is 2. The molecule has 3 rings (SSSR count). The maximum absolute atomic E-state index is 6.38. The molecule has 0 aromatic carbocycles. The molecule has 6 nitrogen and oxygen atoms in total. The highest BCUT2D eigenvalue weighted by Crippen LogP contribution is 2.37. The lowest BCUT2D eigenvalue weighted by Gasteiger charge is -2.33. The van der Waals surface area contributed by atoms with Crippen LogP contribution in [0, 0.1) is 0 Å². The first-order valence-electron chi connectivity index (χ1n) is 8.42. The van der Waals surface area contributed by atoms with E-state index in [1.54, 1.807) is 0 Å². The minimum absolute atomic E-state index is 0.0152. The molecule has 0 bridgehead atoms. The highest BCUT2D eigenvalue weighted by molar-refractivity contribution is 6.64. The molecule has 0 radical (unpaired) electrons. The molecule has 0 spiro atoms. The molecule has 23 heavy (non-hydrogen) atoms. The third kappa shape index (κ3) is 2.94. The van der Waals surface area contributed by atoms with Crippen LogP contribution >= 0.6 is 11.6 Å². The van der Waals surface area contributed by atoms with Crippen molar-refractivity contribution in [2.45, 2.75) is 57.8 Å². The summed E-state index contributed by atoms with van der Waals surface area (Å²) in [6.45, 7) is 4.31. The Bertz CT molecular complexity index is 602. The normalized spacial score (nSPS) is 21.8. The zero-order valence-electron chi connectivity index (χ0n) is 14.7. The number of halogens is 1. The van der Waals surface area contributed by atoms with Gasteiger partial charge in [-0.25, -0.2) is 4.98 Å². The molecule has 1 aromatic heterocycles. The molecule has 2 aliphatic rings. The molecule has 1 saturated carbocycles. The molecule has 1 fully saturated rings. The van der Waals surface area contributed by atoms with Crippen molar-refractivity contribution in [2.75, 3.05) is 19.0 Å². The van der Waals surface area contributed by atoms with Gasteiger partial charge < -0.3 is 9.80 Å². The van der Waals surface area contributed by atoms with Crippen LogP contribution in [0.1, 0.15) is 51.4 Å². The second kappa shape index (κ2) is 6.32. The van der Waals surface area contributed by atoms with E-state index in [2.05, 4.69) is 36.1 Å². The number of nitrogens with zero attached hydrogens (tertiary/aromatic N) is 5. The molecule has 128 valence electrons. The van der Waals surface area contributed by atoms with Crippen LogP contribution in [0.4, 0.5) is 11.8 Å². The Morgan fingerprint density at radius 1 is 1.26 bits per heavy atom. The van der Waals surface area contributed by atoms with E-state index in [0.29, 0.717) is 17.4 Å². The van der Waals surface area contributed by atoms with Crippen LogP contribution in [0.25, 0.3) is 0 Å². The summed E-state index contributed by atoms with van der Waals surface area (Å²) in [6, 6.07) is 0.905. The van der Waals surface area contributed by atoms with Crippen molar-refractivity contribution in [3.8, 4) is 0 Å². The number of hydrogen-bond acceptors (Lipinski definition) is 5. The second-order valence-corrected chi connectivity index (χ2v) is 7.26. The molecule has 0 amide bonds. The summed E-state index contributed by atoms with van der Waals surface area (Å²) in [5.41, 5.74) is 0.966. The van der Waals surface area contributed by atoms with Crippen molar-refractivity contribution >= 4 is 28.7 Å². The van der Waals surface area contributed by atoms with Crippen LogP contribution in [0.15, 0.2) is 4.99 Å². The minimum Gasteiger partial charge on any atom is -0.343 e. The van der Waals surface area contributed by atoms with Gasteiger partial charge >= 0.3 is 0 Å². The Labute approximate surface area is 143 Å². The molecule has 1 N–H and O–H groups in total. The van der Waals surface area contributed by atoms with Crippen molar-refractivity contribution in [2.24, 2.45) is 12.0 Å². The lowest BCUT2D eigenvalue weighted by atomic mass is 10.2. The third-order valence-corrected chi connectivity index (χ3v) is 5.39. The topological polar surface area (TPSA) is 48.7 Å². The second-order valence-electron chi connectivity index (χ2n) is 6.93. The van der Waals surface area contributed by atoms with Gasteiger partial charge in [0.2, 0.25) is 11.2 Å². The van der Waals surface area contributed by atoms with Crippen molar-refractivity contribution in [1.82, 2.24) is 19.8 Å². The first kappa shape index (κ1) is 16.6. The maximum Gasteiger partial charge on any atom is 0.207 e. The van der Waals surface area contributed by atoms with Gasteiger partial charge in [-0.2, -0.15) is 4.99 Å². The van der Waals surface area contributed by atoms with Crippen molar-refractivity contribution in [3.05, 3.63) is 5.69 Å². The minimum atomic E-state index is -0.0152. The van der Waals surface area contributed by atoms with Crippen LogP contribution in [0.2, 0.25) is 0 Å². The van der Waals surface area contributed by atoms with E-state index in [1.165, 1.54) is 25.7 Å². The number of aliphatic imine (C=N–C) groups is 1. The molecular weight excluding hydrogens is 312 g/mol. The Hall–Kier alpha value is -1.27. The van der Waals surface area contributed by atoms with Gasteiger partial charge in [0.05, 0.1) is 0 Å². The van der Waals surface area contributed by atoms with Crippen LogP contribution in [-0.4, -0.2) is 45.9 Å². The number of fused-ring (bicyclic) bond motifs is 1. The van der Waals surface area contributed by atoms with Gasteiger partial charge in [-0.05, 0) is 38.3 Å². The van der Waals surface area contributed by atoms with Gasteiger partial charge in [-0.3, -0.25) is 9.88 Å². The van der Waals surface area contributed by atoms with Gasteiger partial charge in [-0.1, -0.05) is 12.8 Å². The van der Waals surface area contributed by atoms with Gasteiger partial charge in [0, 0.05) is 33.2 Å². The molecule has 0 saturated heterocycles. The molecule has 7 heteroatoms. The van der Waals surface area contributed by atoms with Crippen molar-refractivity contribution in [1.29, 1.82) is 0 Å². The predicted molar refractivity (Wildman–Crippen MR) is 95.6 cm³/mol. The highest BCUT2D eigenvalue weighted by atomic mass is 35.5. The number of amidine groups is 1. The summed E-state index contributed by atoms with van der Waals surface area (Å²) in [6.07, 6.45) is 5.03. The largest absolute Gasteiger partial charge is 0.343 e. The number of nitrogens with one attached hydrogen (secondary N) is 1. The highest BCUT2D eigenvalue weighted by Gasteiger charge is 2.34. The van der Waals surface area contributed by atoms with E-state index >= 15 is 0 Å². The van der Waals surface area contributed by atoms with Crippen LogP contribution in [0.3, 0.4) is 0 Å². The third-order valence-electron chi connectivity index (χ3n) is 5.04. The standard InChI is InChI=1S/C16H27ClN6/c1-10(2)21(3)16-19-12-13(18-11-8-6-7-9-11)22(4)15(17)20-14(12)23(16)5/h10-11,13,18H,6-9H2,1-5H3. The molecule has 1 aromatic rings. The molecule has 1 atom stereocenters. The average molecular weight is 339 g/mol. The van der Waals surface area contributed by atoms with Crippen LogP contribution in [-0.2, 0) is 7.05 Å². The van der Waals surface area contributed by atoms with E-state index < -0.39 is 0 Å². The Balaban J connectivity index is 1.97. The molecule has 1 aliphatic heterocycles. The summed E-state index contributed by atoms with van der Waals surface area (Å²) < 4.78 is 2.04. The van der Waals surface area contributed by atoms with E-state index in [4.69, 9.17) is 16.6 Å². The zero-order valence-corrected chi connectivity index (χ0v) is 15.4. The van der Waals surface area contributed by atoms with E-state index in [1.807, 2.05) is 23.6 Å². The zero-order chi connectivity index (χ0) is 16.7. The smallest absolute Gasteiger partial charge is 0.207 e. The number of hydrogen-bond donors (Lipinski definition) is 1. The quantitative estimate of drug-likeness (QED) is 0.857. The summed E-state index contributed by atoms with van der Waals surface area (Å²) in [5.74, 6) is 1.78. The number of rotatable bonds is 4. The fourth-order valence-electron chi connectivity index (χ4n) is 3.32. The van der Waals surface area contributed by atoms with E-state index in [-0.39, 0.29) is 6.17 Å². The summed E-state index contributed by atoms with van der Waals surface area (Å²) in [4.78, 5) is 13.6. The van der Waals surface area contributed by atoms with Crippen molar-refractivity contribution < 1.29 is 0 Å². The van der Waals surface area contributed by atoms with Gasteiger partial charge in [0.15, 0.2) is 5.82 Å². The van der Waals surface area contributed by atoms with Gasteiger partial charge in [-0.15, -0.1) is 0 Å². The lowest BCUT2D eigenvalue weighted by Crippen LogP contribution is -2.43. The summed E-state index contributed by atoms with van der Waals surface area (Å²) in [5, 5.41) is 4.24. The molecule has 1 aliphatic carbocycles. The molecule has 2 heterocycles. The predicted octanol–water partition coefficient (Wildman–Crippen LogP) is 2.97. The maximum atomic E-state index is 6.38. The van der Waals surface area contributed by atoms with Gasteiger partial charge in [0.1, 0.15) is 11.9 Å². The Kier molecular flexibility index (Phi) is 4.56. The fraction of sp³-hybridized carbons (Fsp3) is 0.750. The van der Waals surface area contributed by atoms with Crippen LogP contribution < -0.4 is 10.2 Å². The monoisotopic (exact) mass is 338 g/mol.